The molecule has 0 spiro atoms. The Morgan fingerprint density at radius 3 is 1.64 bits per heavy atom. The highest BCUT2D eigenvalue weighted by molar-refractivity contribution is 6.05. The summed E-state index contributed by atoms with van der Waals surface area (Å²) in [5.74, 6) is -3.67. The number of ether oxygens (including phenoxy) is 2. The summed E-state index contributed by atoms with van der Waals surface area (Å²) in [6.07, 6.45) is 1.24. The second-order valence-electron chi connectivity index (χ2n) is 16.1. The molecule has 4 heterocycles. The van der Waals surface area contributed by atoms with Crippen LogP contribution in [0.5, 0.6) is 0 Å². The molecule has 15 nitrogen and oxygen atoms in total. The number of carboxylic acid groups (broad SMARTS) is 1. The van der Waals surface area contributed by atoms with Gasteiger partial charge in [0.15, 0.2) is 0 Å². The number of aliphatic hydroxyl groups excluding tert-OH is 1. The van der Waals surface area contributed by atoms with E-state index < -0.39 is 41.6 Å². The fraction of sp³-hybridized carbons (Fsp3) is 0.0862. The third kappa shape index (κ3) is 12.3. The number of carboxylic acids is 1. The zero-order chi connectivity index (χ0) is 52.5. The summed E-state index contributed by atoms with van der Waals surface area (Å²) in [5.41, 5.74) is 4.49. The summed E-state index contributed by atoms with van der Waals surface area (Å²) < 4.78 is 49.7. The van der Waals surface area contributed by atoms with Gasteiger partial charge in [0.05, 0.1) is 50.0 Å². The Morgan fingerprint density at radius 2 is 1.09 bits per heavy atom. The van der Waals surface area contributed by atoms with Crippen molar-refractivity contribution in [2.45, 2.75) is 34.0 Å². The summed E-state index contributed by atoms with van der Waals surface area (Å²) in [4.78, 5) is 57.0. The highest BCUT2D eigenvalue weighted by Crippen LogP contribution is 2.32. The normalized spacial score (nSPS) is 13.0. The second-order valence-corrected chi connectivity index (χ2v) is 16.1. The Morgan fingerprint density at radius 1 is 0.618 bits per heavy atom. The van der Waals surface area contributed by atoms with E-state index in [2.05, 4.69) is 25.1 Å². The molecule has 2 aromatic heterocycles. The summed E-state index contributed by atoms with van der Waals surface area (Å²) in [7, 11) is 0. The molecule has 1 unspecified atom stereocenters. The van der Waals surface area contributed by atoms with Gasteiger partial charge >= 0.3 is 17.9 Å². The summed E-state index contributed by atoms with van der Waals surface area (Å²) in [6, 6.07) is 44.0. The number of hydrogen-bond donors (Lipinski definition) is 4. The van der Waals surface area contributed by atoms with Gasteiger partial charge in [0.25, 0.3) is 11.1 Å². The van der Waals surface area contributed by atoms with Crippen LogP contribution in [0.4, 0.5) is 13.2 Å². The van der Waals surface area contributed by atoms with E-state index in [-0.39, 0.29) is 51.9 Å². The van der Waals surface area contributed by atoms with Gasteiger partial charge in [0.1, 0.15) is 35.3 Å². The topological polar surface area (TPSA) is 249 Å². The van der Waals surface area contributed by atoms with Gasteiger partial charge in [-0.15, -0.1) is 0 Å². The number of H-pyrrole nitrogens is 2. The maximum Gasteiger partial charge on any atom is 0.344 e. The first-order chi connectivity index (χ1) is 35.7. The van der Waals surface area contributed by atoms with Gasteiger partial charge in [-0.05, 0) is 83.4 Å². The van der Waals surface area contributed by atoms with Crippen LogP contribution in [0.3, 0.4) is 0 Å². The monoisotopic (exact) mass is 1030 g/mol. The number of rotatable bonds is 6. The molecule has 0 fully saturated rings. The number of aromatic amines is 2. The van der Waals surface area contributed by atoms with Crippen LogP contribution >= 0.6 is 0 Å². The van der Waals surface area contributed by atoms with Gasteiger partial charge in [0, 0.05) is 37.6 Å². The number of cyclic esters (lactones) is 2. The van der Waals surface area contributed by atoms with Crippen molar-refractivity contribution in [1.29, 1.82) is 10.5 Å². The summed E-state index contributed by atoms with van der Waals surface area (Å²) >= 11 is 0. The highest BCUT2D eigenvalue weighted by Gasteiger charge is 2.28. The van der Waals surface area contributed by atoms with Crippen molar-refractivity contribution < 1.29 is 50.1 Å². The fourth-order valence-corrected chi connectivity index (χ4v) is 7.80. The maximum absolute atomic E-state index is 13.4. The minimum atomic E-state index is -1.32. The van der Waals surface area contributed by atoms with Gasteiger partial charge in [-0.1, -0.05) is 106 Å². The SMILES string of the molecule is C.C.N#Cc1cc(C=C2OC(=O)c3ccccc32)ccc1F.N#Cc1cc(Cc2n[nH]c(=O)c3ccccc23)ccc1F.O=C(O)c1cc(Cc2n[nH]c(=O)c3ccccc23)ccc1F.O=C1OC(O)c2ccccc21.[2HH].[HH]. The molecule has 1 atom stereocenters. The molecule has 7 aromatic carbocycles. The van der Waals surface area contributed by atoms with Gasteiger partial charge in [0.2, 0.25) is 6.29 Å². The smallest absolute Gasteiger partial charge is 0.344 e. The summed E-state index contributed by atoms with van der Waals surface area (Å²) in [5, 5.41) is 51.2. The lowest BCUT2D eigenvalue weighted by Crippen LogP contribution is -2.11. The van der Waals surface area contributed by atoms with Crippen molar-refractivity contribution in [1.82, 2.24) is 20.4 Å². The number of nitrogens with zero attached hydrogens (tertiary/aromatic N) is 4. The number of carbonyl (C=O) groups is 3. The molecule has 76 heavy (non-hydrogen) atoms. The lowest BCUT2D eigenvalue weighted by Gasteiger charge is -2.06. The predicted molar refractivity (Wildman–Crippen MR) is 280 cm³/mol. The minimum absolute atomic E-state index is 0. The van der Waals surface area contributed by atoms with Crippen LogP contribution in [-0.2, 0) is 22.3 Å². The van der Waals surface area contributed by atoms with Crippen LogP contribution in [-0.4, -0.2) is 48.5 Å². The van der Waals surface area contributed by atoms with Crippen LogP contribution in [0.2, 0.25) is 0 Å². The number of aliphatic hydroxyl groups is 1. The molecule has 0 saturated heterocycles. The van der Waals surface area contributed by atoms with E-state index in [1.165, 1.54) is 42.5 Å². The number of carbonyl (C=O) groups excluding carboxylic acids is 2. The van der Waals surface area contributed by atoms with Crippen LogP contribution < -0.4 is 11.1 Å². The number of nitrogens with one attached hydrogen (secondary N) is 2. The van der Waals surface area contributed by atoms with Crippen LogP contribution in [0, 0.1) is 40.1 Å². The number of aromatic carboxylic acids is 1. The molecular formula is C58H47F3N6O9. The van der Waals surface area contributed by atoms with Crippen molar-refractivity contribution in [3.8, 4) is 12.1 Å². The molecule has 9 aromatic rings. The maximum atomic E-state index is 13.4. The molecule has 0 aliphatic carbocycles. The first kappa shape index (κ1) is 55.0. The van der Waals surface area contributed by atoms with E-state index in [4.69, 9.17) is 25.5 Å². The Labute approximate surface area is 434 Å². The van der Waals surface area contributed by atoms with E-state index >= 15 is 0 Å². The van der Waals surface area contributed by atoms with E-state index in [1.807, 2.05) is 18.2 Å². The molecule has 4 N–H and O–H groups in total. The molecular weight excluding hydrogens is 982 g/mol. The van der Waals surface area contributed by atoms with Crippen LogP contribution in [0.1, 0.15) is 105 Å². The minimum Gasteiger partial charge on any atom is -0.478 e. The van der Waals surface area contributed by atoms with Gasteiger partial charge in [-0.3, -0.25) is 9.59 Å². The number of esters is 2. The Bertz CT molecular complexity index is 3950. The number of aromatic nitrogens is 4. The van der Waals surface area contributed by atoms with E-state index in [9.17, 15) is 37.1 Å². The molecule has 2 aliphatic rings. The van der Waals surface area contributed by atoms with Crippen LogP contribution in [0.25, 0.3) is 33.4 Å². The van der Waals surface area contributed by atoms with Crippen molar-refractivity contribution in [2.24, 2.45) is 0 Å². The number of hydrogen-bond acceptors (Lipinski definition) is 12. The fourth-order valence-electron chi connectivity index (χ4n) is 7.80. The van der Waals surface area contributed by atoms with Crippen molar-refractivity contribution in [2.75, 3.05) is 0 Å². The van der Waals surface area contributed by atoms with Gasteiger partial charge in [-0.2, -0.15) is 20.7 Å². The largest absolute Gasteiger partial charge is 0.478 e. The van der Waals surface area contributed by atoms with Gasteiger partial charge < -0.3 is 19.7 Å². The second kappa shape index (κ2) is 24.4. The average Bonchev–Trinajstić information content (AvgIpc) is 3.94. The third-order valence-electron chi connectivity index (χ3n) is 11.4. The number of nitriles is 2. The molecule has 0 radical (unpaired) electrons. The Kier molecular flexibility index (Phi) is 17.7. The zero-order valence-electron chi connectivity index (χ0n) is 38.2. The van der Waals surface area contributed by atoms with Crippen molar-refractivity contribution in [3.63, 3.8) is 0 Å². The van der Waals surface area contributed by atoms with E-state index in [0.717, 1.165) is 17.0 Å². The average molecular weight is 1030 g/mol. The van der Waals surface area contributed by atoms with Crippen molar-refractivity contribution in [3.05, 3.63) is 257 Å². The summed E-state index contributed by atoms with van der Waals surface area (Å²) in [6.45, 7) is 0. The Balaban J connectivity index is 0.000000225. The highest BCUT2D eigenvalue weighted by atomic mass is 19.1. The first-order valence-electron chi connectivity index (χ1n) is 22.1. The quantitative estimate of drug-likeness (QED) is 0.113. The third-order valence-corrected chi connectivity index (χ3v) is 11.4. The molecule has 18 heteroatoms. The molecule has 0 bridgehead atoms. The lowest BCUT2D eigenvalue weighted by atomic mass is 10.0. The Hall–Kier alpha value is -10.3. The first-order valence-corrected chi connectivity index (χ1v) is 22.1. The molecule has 0 amide bonds. The van der Waals surface area contributed by atoms with Crippen LogP contribution in [0.15, 0.2) is 161 Å². The number of halogens is 3. The molecule has 2 aliphatic heterocycles. The number of fused-ring (bicyclic) bond motifs is 4. The zero-order valence-corrected chi connectivity index (χ0v) is 38.2. The molecule has 384 valence electrons. The van der Waals surface area contributed by atoms with Crippen molar-refractivity contribution >= 4 is 51.3 Å². The van der Waals surface area contributed by atoms with E-state index in [1.54, 1.807) is 103 Å². The van der Waals surface area contributed by atoms with E-state index in [0.29, 0.717) is 73.1 Å². The standard InChI is InChI=1S/C16H10FN3O.C16H11FN2O3.C16H8FNO2.C8H6O3.2CH4.2H2/c17-14-6-5-10(7-11(14)9-18)8-15-12-3-1-2-4-13(12)16(21)20-19-15;17-13-6-5-9(7-12(13)16(21)22)8-14-10-3-1-2-4-11(10)15(20)19-18-14;17-14-6-5-10(7-11(14)9-18)8-15-12-3-1-2-4-13(12)16(19)20-15;9-7-5-3-1-2-4-6(5)8(10)11-7;;;;/h1-7H,8H2,(H,20,21);1-7H,8H2,(H,19,20)(H,21,22);1-8H;1-4,7,9H;2*1H4;2*1H/i;;;;;;1+1;. The predicted octanol–water partition coefficient (Wildman–Crippen LogP) is 10.9. The van der Waals surface area contributed by atoms with Gasteiger partial charge in [-0.25, -0.2) is 37.8 Å². The molecule has 11 rings (SSSR count). The molecule has 0 saturated carbocycles. The lowest BCUT2D eigenvalue weighted by molar-refractivity contribution is -0.0548. The number of benzene rings is 7.